The summed E-state index contributed by atoms with van der Waals surface area (Å²) in [4.78, 5) is 26.0. The molecule has 1 aromatic heterocycles. The lowest BCUT2D eigenvalue weighted by Gasteiger charge is -2.25. The summed E-state index contributed by atoms with van der Waals surface area (Å²) in [5.41, 5.74) is -0.273. The number of hydrogen-bond donors (Lipinski definition) is 0. The minimum Gasteiger partial charge on any atom is -0.378 e. The first-order valence-electron chi connectivity index (χ1n) is 6.35. The van der Waals surface area contributed by atoms with E-state index in [0.29, 0.717) is 37.0 Å². The van der Waals surface area contributed by atoms with Crippen LogP contribution in [0.4, 0.5) is 4.79 Å². The number of tetrazole rings is 1. The fraction of sp³-hybridized carbons (Fsp3) is 0.333. The maximum atomic E-state index is 12.3. The number of halogens is 1. The fourth-order valence-electron chi connectivity index (χ4n) is 2.03. The molecule has 1 amide bonds. The SMILES string of the molecule is O=C(N1CCOCC1)n1nnn(-c2ccccc2Cl)c1=O. The number of hydrogen-bond acceptors (Lipinski definition) is 5. The average molecular weight is 310 g/mol. The van der Waals surface area contributed by atoms with Gasteiger partial charge in [-0.3, -0.25) is 0 Å². The topological polar surface area (TPSA) is 82.2 Å². The van der Waals surface area contributed by atoms with Crippen LogP contribution in [0.25, 0.3) is 5.69 Å². The zero-order chi connectivity index (χ0) is 14.8. The largest absolute Gasteiger partial charge is 0.378 e. The Kier molecular flexibility index (Phi) is 3.72. The molecule has 2 heterocycles. The highest BCUT2D eigenvalue weighted by molar-refractivity contribution is 6.32. The molecule has 0 spiro atoms. The number of nitrogens with zero attached hydrogens (tertiary/aromatic N) is 5. The van der Waals surface area contributed by atoms with Gasteiger partial charge in [0.15, 0.2) is 0 Å². The third-order valence-electron chi connectivity index (χ3n) is 3.12. The molecule has 0 N–H and O–H groups in total. The number of para-hydroxylation sites is 1. The smallest absolute Gasteiger partial charge is 0.377 e. The molecule has 0 unspecified atom stereocenters. The minimum atomic E-state index is -0.653. The van der Waals surface area contributed by atoms with Gasteiger partial charge in [0, 0.05) is 13.1 Å². The van der Waals surface area contributed by atoms with Crippen LogP contribution < -0.4 is 5.69 Å². The lowest BCUT2D eigenvalue weighted by Crippen LogP contribution is -2.46. The Balaban J connectivity index is 1.94. The number of benzene rings is 1. The number of aromatic nitrogens is 4. The van der Waals surface area contributed by atoms with E-state index in [1.807, 2.05) is 0 Å². The minimum absolute atomic E-state index is 0.352. The number of amides is 1. The van der Waals surface area contributed by atoms with E-state index in [1.54, 1.807) is 24.3 Å². The van der Waals surface area contributed by atoms with Crippen molar-refractivity contribution in [3.8, 4) is 5.69 Å². The molecule has 1 aromatic carbocycles. The van der Waals surface area contributed by atoms with E-state index in [2.05, 4.69) is 10.4 Å². The van der Waals surface area contributed by atoms with Crippen molar-refractivity contribution in [3.63, 3.8) is 0 Å². The molecule has 1 fully saturated rings. The van der Waals surface area contributed by atoms with Gasteiger partial charge in [0.25, 0.3) is 0 Å². The highest BCUT2D eigenvalue weighted by atomic mass is 35.5. The van der Waals surface area contributed by atoms with Crippen LogP contribution in [0.1, 0.15) is 0 Å². The van der Waals surface area contributed by atoms with Crippen molar-refractivity contribution in [1.82, 2.24) is 24.7 Å². The molecule has 0 radical (unpaired) electrons. The third-order valence-corrected chi connectivity index (χ3v) is 3.44. The first-order chi connectivity index (χ1) is 10.2. The maximum absolute atomic E-state index is 12.3. The predicted octanol–water partition coefficient (Wildman–Crippen LogP) is 0.383. The Labute approximate surface area is 124 Å². The van der Waals surface area contributed by atoms with E-state index in [1.165, 1.54) is 4.90 Å². The Morgan fingerprint density at radius 1 is 1.19 bits per heavy atom. The van der Waals surface area contributed by atoms with Gasteiger partial charge in [-0.2, -0.15) is 4.68 Å². The summed E-state index contributed by atoms with van der Waals surface area (Å²) in [5, 5.41) is 7.70. The monoisotopic (exact) mass is 309 g/mol. The predicted molar refractivity (Wildman–Crippen MR) is 73.8 cm³/mol. The van der Waals surface area contributed by atoms with Gasteiger partial charge in [0.2, 0.25) is 0 Å². The average Bonchev–Trinajstić information content (AvgIpc) is 2.89. The summed E-state index contributed by atoms with van der Waals surface area (Å²) in [7, 11) is 0. The van der Waals surface area contributed by atoms with Crippen LogP contribution in [0.3, 0.4) is 0 Å². The summed E-state index contributed by atoms with van der Waals surface area (Å²) >= 11 is 6.02. The second kappa shape index (κ2) is 5.66. The summed E-state index contributed by atoms with van der Waals surface area (Å²) in [6, 6.07) is 6.20. The number of carbonyl (C=O) groups is 1. The van der Waals surface area contributed by atoms with E-state index in [4.69, 9.17) is 16.3 Å². The van der Waals surface area contributed by atoms with Crippen molar-refractivity contribution in [2.45, 2.75) is 0 Å². The Morgan fingerprint density at radius 3 is 2.62 bits per heavy atom. The van der Waals surface area contributed by atoms with Crippen LogP contribution in [-0.4, -0.2) is 57.0 Å². The number of rotatable bonds is 1. The van der Waals surface area contributed by atoms with Gasteiger partial charge < -0.3 is 9.64 Å². The lowest BCUT2D eigenvalue weighted by molar-refractivity contribution is 0.0525. The molecule has 1 aliphatic rings. The van der Waals surface area contributed by atoms with Crippen LogP contribution in [-0.2, 0) is 4.74 Å². The van der Waals surface area contributed by atoms with Crippen LogP contribution in [0.5, 0.6) is 0 Å². The normalized spacial score (nSPS) is 15.2. The highest BCUT2D eigenvalue weighted by Gasteiger charge is 2.23. The Bertz CT molecular complexity index is 720. The van der Waals surface area contributed by atoms with Crippen molar-refractivity contribution in [2.24, 2.45) is 0 Å². The molecule has 2 aromatic rings. The van der Waals surface area contributed by atoms with E-state index in [9.17, 15) is 9.59 Å². The first-order valence-corrected chi connectivity index (χ1v) is 6.73. The van der Waals surface area contributed by atoms with Crippen molar-refractivity contribution in [2.75, 3.05) is 26.3 Å². The Morgan fingerprint density at radius 2 is 1.90 bits per heavy atom. The highest BCUT2D eigenvalue weighted by Crippen LogP contribution is 2.16. The molecule has 0 aliphatic carbocycles. The van der Waals surface area contributed by atoms with Gasteiger partial charge in [-0.25, -0.2) is 9.59 Å². The van der Waals surface area contributed by atoms with E-state index < -0.39 is 11.7 Å². The third kappa shape index (κ3) is 2.55. The van der Waals surface area contributed by atoms with Crippen LogP contribution in [0, 0.1) is 0 Å². The zero-order valence-electron chi connectivity index (χ0n) is 11.0. The molecule has 3 rings (SSSR count). The molecule has 1 saturated heterocycles. The Hall–Kier alpha value is -2.19. The molecule has 110 valence electrons. The molecule has 1 aliphatic heterocycles. The molecule has 9 heteroatoms. The molecule has 8 nitrogen and oxygen atoms in total. The fourth-order valence-corrected chi connectivity index (χ4v) is 2.25. The van der Waals surface area contributed by atoms with Crippen LogP contribution in [0.15, 0.2) is 29.1 Å². The van der Waals surface area contributed by atoms with Gasteiger partial charge in [0.1, 0.15) is 0 Å². The van der Waals surface area contributed by atoms with E-state index in [0.717, 1.165) is 9.36 Å². The van der Waals surface area contributed by atoms with Crippen molar-refractivity contribution >= 4 is 17.6 Å². The maximum Gasteiger partial charge on any atom is 0.377 e. The molecular weight excluding hydrogens is 298 g/mol. The number of morpholine rings is 1. The zero-order valence-corrected chi connectivity index (χ0v) is 11.7. The molecule has 0 atom stereocenters. The summed E-state index contributed by atoms with van der Waals surface area (Å²) in [6.45, 7) is 1.73. The standard InChI is InChI=1S/C12H12ClN5O3/c13-9-3-1-2-4-10(9)17-12(20)18(15-14-17)11(19)16-5-7-21-8-6-16/h1-4H,5-8H2. The first kappa shape index (κ1) is 13.8. The molecular formula is C12H12ClN5O3. The second-order valence-electron chi connectivity index (χ2n) is 4.42. The lowest BCUT2D eigenvalue weighted by atomic mass is 10.3. The van der Waals surface area contributed by atoms with Gasteiger partial charge in [-0.15, -0.1) is 4.68 Å². The number of carbonyl (C=O) groups excluding carboxylic acids is 1. The quantitative estimate of drug-likeness (QED) is 0.711. The summed E-state index contributed by atoms with van der Waals surface area (Å²) in [5.74, 6) is 0. The van der Waals surface area contributed by atoms with Crippen molar-refractivity contribution in [3.05, 3.63) is 39.8 Å². The second-order valence-corrected chi connectivity index (χ2v) is 4.83. The van der Waals surface area contributed by atoms with E-state index in [-0.39, 0.29) is 0 Å². The van der Waals surface area contributed by atoms with Crippen LogP contribution >= 0.6 is 11.6 Å². The molecule has 0 bridgehead atoms. The molecule has 0 saturated carbocycles. The van der Waals surface area contributed by atoms with E-state index >= 15 is 0 Å². The molecule has 21 heavy (non-hydrogen) atoms. The number of ether oxygens (including phenoxy) is 1. The van der Waals surface area contributed by atoms with Crippen molar-refractivity contribution < 1.29 is 9.53 Å². The van der Waals surface area contributed by atoms with Gasteiger partial charge >= 0.3 is 11.7 Å². The van der Waals surface area contributed by atoms with Gasteiger partial charge in [-0.1, -0.05) is 23.7 Å². The summed E-state index contributed by atoms with van der Waals surface area (Å²) < 4.78 is 6.90. The van der Waals surface area contributed by atoms with Gasteiger partial charge in [-0.05, 0) is 22.6 Å². The van der Waals surface area contributed by atoms with Gasteiger partial charge in [0.05, 0.1) is 23.9 Å². The van der Waals surface area contributed by atoms with Crippen molar-refractivity contribution in [1.29, 1.82) is 0 Å². The summed E-state index contributed by atoms with van der Waals surface area (Å²) in [6.07, 6.45) is 0. The van der Waals surface area contributed by atoms with Crippen LogP contribution in [0.2, 0.25) is 5.02 Å².